The number of aliphatic hydroxyl groups excluding tert-OH is 1. The van der Waals surface area contributed by atoms with Crippen LogP contribution in [-0.4, -0.2) is 27.2 Å². The van der Waals surface area contributed by atoms with Crippen LogP contribution in [0.25, 0.3) is 0 Å². The largest absolute Gasteiger partial charge is 0.394 e. The highest BCUT2D eigenvalue weighted by Crippen LogP contribution is 2.24. The molecule has 0 aliphatic carbocycles. The van der Waals surface area contributed by atoms with Crippen LogP contribution >= 0.6 is 20.7 Å². The fourth-order valence-electron chi connectivity index (χ4n) is 0.905. The van der Waals surface area contributed by atoms with Gasteiger partial charge in [-0.15, -0.1) is 0 Å². The molecule has 0 saturated carbocycles. The first-order chi connectivity index (χ1) is 6.96. The second-order valence-corrected chi connectivity index (χ2v) is 6.17. The summed E-state index contributed by atoms with van der Waals surface area (Å²) in [5, 5.41) is 11.6. The molecule has 2 N–H and O–H groups in total. The van der Waals surface area contributed by atoms with E-state index in [2.05, 4.69) is 5.32 Å². The van der Waals surface area contributed by atoms with E-state index in [1.54, 1.807) is 19.9 Å². The van der Waals surface area contributed by atoms with Gasteiger partial charge in [0.2, 0.25) is 0 Å². The third kappa shape index (κ3) is 3.49. The number of nitrogens with one attached hydrogen (secondary N) is 1. The Morgan fingerprint density at radius 3 is 2.87 bits per heavy atom. The van der Waals surface area contributed by atoms with Gasteiger partial charge in [0.1, 0.15) is 9.41 Å². The maximum Gasteiger partial charge on any atom is 0.260 e. The molecular formula is C10H13FINO2. The van der Waals surface area contributed by atoms with Gasteiger partial charge in [0.05, 0.1) is 12.1 Å². The molecule has 15 heavy (non-hydrogen) atoms. The Bertz CT molecular complexity index is 358. The zero-order valence-electron chi connectivity index (χ0n) is 8.55. The molecule has 0 aromatic rings. The number of rotatable bonds is 3. The van der Waals surface area contributed by atoms with Crippen LogP contribution in [0.5, 0.6) is 0 Å². The molecule has 0 aromatic heterocycles. The third-order valence-corrected chi connectivity index (χ3v) is 4.15. The van der Waals surface area contributed by atoms with E-state index in [1.807, 2.05) is 4.01 Å². The maximum atomic E-state index is 13.3. The molecule has 1 aliphatic heterocycles. The van der Waals surface area contributed by atoms with Crippen LogP contribution in [0.15, 0.2) is 21.6 Å². The van der Waals surface area contributed by atoms with E-state index in [0.717, 1.165) is 0 Å². The minimum Gasteiger partial charge on any atom is -0.394 e. The van der Waals surface area contributed by atoms with Gasteiger partial charge in [-0.2, -0.15) is 0 Å². The van der Waals surface area contributed by atoms with Crippen molar-refractivity contribution in [1.82, 2.24) is 5.32 Å². The molecule has 1 amide bonds. The Hall–Kier alpha value is -0.560. The standard InChI is InChI=1S/C10H13FINO2/c1-10(2,6-14)13-9(15)8-7(11)4-3-5-12-8/h3-5,14H,6H2,1-2H3,(H,13,15). The molecule has 0 spiro atoms. The summed E-state index contributed by atoms with van der Waals surface area (Å²) in [6.07, 6.45) is 2.90. The molecule has 0 atom stereocenters. The van der Waals surface area contributed by atoms with Gasteiger partial charge in [-0.05, 0) is 23.9 Å². The number of hydrogen-bond donors (Lipinski definition) is 2. The second kappa shape index (κ2) is 4.98. The molecule has 1 heterocycles. The molecular weight excluding hydrogens is 312 g/mol. The number of allylic oxidation sites excluding steroid dienone is 3. The van der Waals surface area contributed by atoms with Crippen LogP contribution in [0.3, 0.4) is 0 Å². The van der Waals surface area contributed by atoms with E-state index in [-0.39, 0.29) is 10.2 Å². The first-order valence-electron chi connectivity index (χ1n) is 4.43. The fraction of sp³-hybridized carbons (Fsp3) is 0.400. The van der Waals surface area contributed by atoms with E-state index in [1.165, 1.54) is 6.08 Å². The van der Waals surface area contributed by atoms with Crippen molar-refractivity contribution in [1.29, 1.82) is 0 Å². The van der Waals surface area contributed by atoms with Crippen molar-refractivity contribution in [3.8, 4) is 0 Å². The molecule has 0 bridgehead atoms. The van der Waals surface area contributed by atoms with Crippen molar-refractivity contribution in [3.05, 3.63) is 21.6 Å². The Balaban J connectivity index is 2.79. The SMILES string of the molecule is CC(C)(CO)NC(=O)C1=C(F)C=CC=I1. The van der Waals surface area contributed by atoms with Crippen LogP contribution in [0, 0.1) is 0 Å². The summed E-state index contributed by atoms with van der Waals surface area (Å²) >= 11 is -0.693. The lowest BCUT2D eigenvalue weighted by Crippen LogP contribution is -2.46. The summed E-state index contributed by atoms with van der Waals surface area (Å²) < 4.78 is 15.3. The van der Waals surface area contributed by atoms with E-state index in [0.29, 0.717) is 0 Å². The van der Waals surface area contributed by atoms with Crippen molar-refractivity contribution in [2.45, 2.75) is 19.4 Å². The molecule has 0 saturated heterocycles. The summed E-state index contributed by atoms with van der Waals surface area (Å²) in [4.78, 5) is 11.6. The Labute approximate surface area is 97.8 Å². The normalized spacial score (nSPS) is 16.3. The lowest BCUT2D eigenvalue weighted by molar-refractivity contribution is -0.118. The number of aliphatic hydroxyl groups is 1. The van der Waals surface area contributed by atoms with Crippen LogP contribution in [0.1, 0.15) is 13.8 Å². The summed E-state index contributed by atoms with van der Waals surface area (Å²) in [7, 11) is 0. The fourth-order valence-corrected chi connectivity index (χ4v) is 2.58. The van der Waals surface area contributed by atoms with Gasteiger partial charge in [-0.3, -0.25) is 4.79 Å². The van der Waals surface area contributed by atoms with Gasteiger partial charge in [0, 0.05) is 0 Å². The van der Waals surface area contributed by atoms with Gasteiger partial charge in [0.15, 0.2) is 0 Å². The molecule has 1 aliphatic rings. The van der Waals surface area contributed by atoms with Crippen molar-refractivity contribution >= 4 is 30.6 Å². The molecule has 0 aromatic carbocycles. The smallest absolute Gasteiger partial charge is 0.260 e. The predicted octanol–water partition coefficient (Wildman–Crippen LogP) is 1.40. The second-order valence-electron chi connectivity index (χ2n) is 3.75. The van der Waals surface area contributed by atoms with Crippen molar-refractivity contribution in [2.75, 3.05) is 6.61 Å². The van der Waals surface area contributed by atoms with E-state index >= 15 is 0 Å². The summed E-state index contributed by atoms with van der Waals surface area (Å²) in [5.74, 6) is -0.878. The summed E-state index contributed by atoms with van der Waals surface area (Å²) in [6, 6.07) is 0. The van der Waals surface area contributed by atoms with Gasteiger partial charge >= 0.3 is 0 Å². The number of halogens is 2. The molecule has 0 unspecified atom stereocenters. The Kier molecular flexibility index (Phi) is 4.15. The highest BCUT2D eigenvalue weighted by Gasteiger charge is 2.22. The van der Waals surface area contributed by atoms with E-state index in [9.17, 15) is 9.18 Å². The van der Waals surface area contributed by atoms with Crippen molar-refractivity contribution < 1.29 is 14.3 Å². The molecule has 84 valence electrons. The van der Waals surface area contributed by atoms with Crippen LogP contribution < -0.4 is 5.32 Å². The Morgan fingerprint density at radius 2 is 2.33 bits per heavy atom. The van der Waals surface area contributed by atoms with Crippen LogP contribution in [0.2, 0.25) is 0 Å². The highest BCUT2D eigenvalue weighted by atomic mass is 127. The number of hydrogen-bond acceptors (Lipinski definition) is 2. The quantitative estimate of drug-likeness (QED) is 0.771. The molecule has 0 radical (unpaired) electrons. The molecule has 0 fully saturated rings. The first-order valence-corrected chi connectivity index (χ1v) is 6.75. The zero-order valence-corrected chi connectivity index (χ0v) is 10.7. The average Bonchev–Trinajstić information content (AvgIpc) is 2.17. The zero-order chi connectivity index (χ0) is 11.5. The first kappa shape index (κ1) is 12.5. The lowest BCUT2D eigenvalue weighted by atomic mass is 10.1. The van der Waals surface area contributed by atoms with Crippen molar-refractivity contribution in [3.63, 3.8) is 0 Å². The monoisotopic (exact) mass is 325 g/mol. The van der Waals surface area contributed by atoms with Crippen molar-refractivity contribution in [2.24, 2.45) is 0 Å². The average molecular weight is 325 g/mol. The minimum absolute atomic E-state index is 0.175. The van der Waals surface area contributed by atoms with Gasteiger partial charge < -0.3 is 10.4 Å². The summed E-state index contributed by atoms with van der Waals surface area (Å²) in [5.41, 5.74) is -0.713. The molecule has 1 rings (SSSR count). The molecule has 5 heteroatoms. The number of carbonyl (C=O) groups is 1. The van der Waals surface area contributed by atoms with Gasteiger partial charge in [-0.1, -0.05) is 26.8 Å². The molecule has 3 nitrogen and oxygen atoms in total. The maximum absolute atomic E-state index is 13.3. The lowest BCUT2D eigenvalue weighted by Gasteiger charge is -2.23. The Morgan fingerprint density at radius 1 is 1.67 bits per heavy atom. The number of amides is 1. The number of carbonyl (C=O) groups excluding carboxylic acids is 1. The van der Waals surface area contributed by atoms with Gasteiger partial charge in [-0.25, -0.2) is 4.39 Å². The highest BCUT2D eigenvalue weighted by molar-refractivity contribution is 14.2. The van der Waals surface area contributed by atoms with E-state index < -0.39 is 38.0 Å². The van der Waals surface area contributed by atoms with Gasteiger partial charge in [0.25, 0.3) is 5.91 Å². The van der Waals surface area contributed by atoms with E-state index in [4.69, 9.17) is 5.11 Å². The van der Waals surface area contributed by atoms with Crippen LogP contribution in [-0.2, 0) is 4.79 Å². The van der Waals surface area contributed by atoms with Crippen LogP contribution in [0.4, 0.5) is 4.39 Å². The summed E-state index contributed by atoms with van der Waals surface area (Å²) in [6.45, 7) is 3.19. The minimum atomic E-state index is -0.713. The topological polar surface area (TPSA) is 49.3 Å². The predicted molar refractivity (Wildman–Crippen MR) is 66.7 cm³/mol. The third-order valence-electron chi connectivity index (χ3n) is 1.74.